The molecule has 2 aromatic rings. The SMILES string of the molecule is CCCNC(Cc1cccc(Br)c1)c1cccc(Br)c1Cl. The molecule has 2 aromatic carbocycles. The minimum atomic E-state index is 0.212. The summed E-state index contributed by atoms with van der Waals surface area (Å²) in [4.78, 5) is 0. The van der Waals surface area contributed by atoms with Gasteiger partial charge in [-0.15, -0.1) is 0 Å². The fraction of sp³-hybridized carbons (Fsp3) is 0.294. The highest BCUT2D eigenvalue weighted by molar-refractivity contribution is 9.10. The third kappa shape index (κ3) is 4.82. The second kappa shape index (κ2) is 8.33. The molecule has 0 bridgehead atoms. The topological polar surface area (TPSA) is 12.0 Å². The summed E-state index contributed by atoms with van der Waals surface area (Å²) in [6.45, 7) is 3.15. The Hall–Kier alpha value is -0.350. The molecule has 1 N–H and O–H groups in total. The zero-order valence-electron chi connectivity index (χ0n) is 11.9. The van der Waals surface area contributed by atoms with E-state index in [1.54, 1.807) is 0 Å². The number of rotatable bonds is 6. The minimum Gasteiger partial charge on any atom is -0.310 e. The summed E-state index contributed by atoms with van der Waals surface area (Å²) in [7, 11) is 0. The van der Waals surface area contributed by atoms with E-state index in [9.17, 15) is 0 Å². The molecular weight excluding hydrogens is 413 g/mol. The van der Waals surface area contributed by atoms with Crippen LogP contribution in [-0.2, 0) is 6.42 Å². The average molecular weight is 432 g/mol. The second-order valence-corrected chi connectivity index (χ2v) is 7.13. The van der Waals surface area contributed by atoms with Gasteiger partial charge in [0.2, 0.25) is 0 Å². The summed E-state index contributed by atoms with van der Waals surface area (Å²) >= 11 is 13.5. The first-order valence-electron chi connectivity index (χ1n) is 7.03. The Morgan fingerprint density at radius 3 is 2.62 bits per heavy atom. The maximum absolute atomic E-state index is 6.47. The van der Waals surface area contributed by atoms with Crippen molar-refractivity contribution in [2.24, 2.45) is 0 Å². The van der Waals surface area contributed by atoms with Crippen molar-refractivity contribution in [2.75, 3.05) is 6.54 Å². The van der Waals surface area contributed by atoms with Crippen LogP contribution in [0.4, 0.5) is 0 Å². The molecule has 1 atom stereocenters. The normalized spacial score (nSPS) is 12.4. The van der Waals surface area contributed by atoms with Crippen LogP contribution in [0.5, 0.6) is 0 Å². The Kier molecular flexibility index (Phi) is 6.74. The standard InChI is InChI=1S/C17H18Br2ClN/c1-2-9-21-16(11-12-5-3-6-13(18)10-12)14-7-4-8-15(19)17(14)20/h3-8,10,16,21H,2,9,11H2,1H3. The van der Waals surface area contributed by atoms with Crippen LogP contribution in [-0.4, -0.2) is 6.54 Å². The summed E-state index contributed by atoms with van der Waals surface area (Å²) in [6.07, 6.45) is 2.01. The molecule has 0 aliphatic heterocycles. The van der Waals surface area contributed by atoms with Gasteiger partial charge < -0.3 is 5.32 Å². The van der Waals surface area contributed by atoms with Crippen LogP contribution in [0.3, 0.4) is 0 Å². The smallest absolute Gasteiger partial charge is 0.0595 e. The van der Waals surface area contributed by atoms with E-state index in [0.29, 0.717) is 0 Å². The van der Waals surface area contributed by atoms with Gasteiger partial charge in [-0.25, -0.2) is 0 Å². The van der Waals surface area contributed by atoms with Gasteiger partial charge in [-0.3, -0.25) is 0 Å². The highest BCUT2D eigenvalue weighted by Crippen LogP contribution is 2.32. The lowest BCUT2D eigenvalue weighted by molar-refractivity contribution is 0.529. The number of benzene rings is 2. The first-order valence-corrected chi connectivity index (χ1v) is 9.00. The van der Waals surface area contributed by atoms with Crippen LogP contribution in [0.25, 0.3) is 0 Å². The first-order chi connectivity index (χ1) is 10.1. The first kappa shape index (κ1) is 17.0. The molecule has 112 valence electrons. The van der Waals surface area contributed by atoms with Crippen LogP contribution in [0.1, 0.15) is 30.5 Å². The van der Waals surface area contributed by atoms with E-state index in [1.807, 2.05) is 18.2 Å². The Morgan fingerprint density at radius 1 is 1.14 bits per heavy atom. The molecule has 4 heteroatoms. The Morgan fingerprint density at radius 2 is 1.90 bits per heavy atom. The van der Waals surface area contributed by atoms with Crippen LogP contribution in [0, 0.1) is 0 Å². The summed E-state index contributed by atoms with van der Waals surface area (Å²) in [5, 5.41) is 4.39. The van der Waals surface area contributed by atoms with Gasteiger partial charge in [0.15, 0.2) is 0 Å². The Bertz CT molecular complexity index is 601. The van der Waals surface area contributed by atoms with Crippen molar-refractivity contribution in [3.05, 3.63) is 67.6 Å². The predicted octanol–water partition coefficient (Wildman–Crippen LogP) is 6.15. The molecule has 0 fully saturated rings. The lowest BCUT2D eigenvalue weighted by Crippen LogP contribution is -2.24. The van der Waals surface area contributed by atoms with Crippen molar-refractivity contribution >= 4 is 43.5 Å². The molecule has 0 amide bonds. The van der Waals surface area contributed by atoms with Gasteiger partial charge in [0.25, 0.3) is 0 Å². The summed E-state index contributed by atoms with van der Waals surface area (Å²) in [5.41, 5.74) is 2.42. The molecule has 0 saturated carbocycles. The fourth-order valence-electron chi connectivity index (χ4n) is 2.30. The molecule has 21 heavy (non-hydrogen) atoms. The third-order valence-corrected chi connectivity index (χ3v) is 5.13. The highest BCUT2D eigenvalue weighted by Gasteiger charge is 2.16. The molecule has 1 unspecified atom stereocenters. The van der Waals surface area contributed by atoms with E-state index >= 15 is 0 Å². The number of hydrogen-bond donors (Lipinski definition) is 1. The van der Waals surface area contributed by atoms with Crippen molar-refractivity contribution in [1.29, 1.82) is 0 Å². The van der Waals surface area contributed by atoms with Crippen molar-refractivity contribution in [1.82, 2.24) is 5.32 Å². The quantitative estimate of drug-likeness (QED) is 0.579. The average Bonchev–Trinajstić information content (AvgIpc) is 2.47. The number of hydrogen-bond acceptors (Lipinski definition) is 1. The van der Waals surface area contributed by atoms with Gasteiger partial charge in [0, 0.05) is 15.0 Å². The van der Waals surface area contributed by atoms with Gasteiger partial charge in [0.1, 0.15) is 0 Å². The van der Waals surface area contributed by atoms with Crippen LogP contribution in [0.2, 0.25) is 5.02 Å². The second-order valence-electron chi connectivity index (χ2n) is 4.98. The van der Waals surface area contributed by atoms with E-state index in [2.05, 4.69) is 68.4 Å². The third-order valence-electron chi connectivity index (χ3n) is 3.33. The molecular formula is C17H18Br2ClN. The van der Waals surface area contributed by atoms with Crippen molar-refractivity contribution in [2.45, 2.75) is 25.8 Å². The van der Waals surface area contributed by atoms with Gasteiger partial charge >= 0.3 is 0 Å². The predicted molar refractivity (Wildman–Crippen MR) is 98.0 cm³/mol. The summed E-state index contributed by atoms with van der Waals surface area (Å²) in [6, 6.07) is 14.7. The Labute approximate surface area is 148 Å². The molecule has 0 saturated heterocycles. The van der Waals surface area contributed by atoms with E-state index < -0.39 is 0 Å². The largest absolute Gasteiger partial charge is 0.310 e. The van der Waals surface area contributed by atoms with E-state index in [0.717, 1.165) is 38.9 Å². The van der Waals surface area contributed by atoms with E-state index in [-0.39, 0.29) is 6.04 Å². The highest BCUT2D eigenvalue weighted by atomic mass is 79.9. The zero-order chi connectivity index (χ0) is 15.2. The van der Waals surface area contributed by atoms with E-state index in [1.165, 1.54) is 5.56 Å². The van der Waals surface area contributed by atoms with Crippen molar-refractivity contribution in [3.63, 3.8) is 0 Å². The number of halogens is 3. The maximum atomic E-state index is 6.47. The molecule has 2 rings (SSSR count). The lowest BCUT2D eigenvalue weighted by atomic mass is 9.98. The van der Waals surface area contributed by atoms with Gasteiger partial charge in [-0.1, -0.05) is 58.7 Å². The Balaban J connectivity index is 2.27. The fourth-order valence-corrected chi connectivity index (χ4v) is 3.39. The maximum Gasteiger partial charge on any atom is 0.0595 e. The molecule has 0 aliphatic rings. The minimum absolute atomic E-state index is 0.212. The zero-order valence-corrected chi connectivity index (χ0v) is 15.8. The molecule has 0 heterocycles. The monoisotopic (exact) mass is 429 g/mol. The van der Waals surface area contributed by atoms with Crippen LogP contribution in [0.15, 0.2) is 51.4 Å². The molecule has 0 aliphatic carbocycles. The molecule has 0 aromatic heterocycles. The lowest BCUT2D eigenvalue weighted by Gasteiger charge is -2.21. The van der Waals surface area contributed by atoms with Gasteiger partial charge in [-0.05, 0) is 64.6 Å². The summed E-state index contributed by atoms with van der Waals surface area (Å²) < 4.78 is 2.05. The molecule has 0 radical (unpaired) electrons. The van der Waals surface area contributed by atoms with Crippen LogP contribution < -0.4 is 5.32 Å². The molecule has 0 spiro atoms. The van der Waals surface area contributed by atoms with Crippen molar-refractivity contribution < 1.29 is 0 Å². The van der Waals surface area contributed by atoms with Crippen molar-refractivity contribution in [3.8, 4) is 0 Å². The molecule has 1 nitrogen and oxygen atoms in total. The summed E-state index contributed by atoms with van der Waals surface area (Å²) in [5.74, 6) is 0. The number of nitrogens with one attached hydrogen (secondary N) is 1. The van der Waals surface area contributed by atoms with E-state index in [4.69, 9.17) is 11.6 Å². The van der Waals surface area contributed by atoms with Gasteiger partial charge in [-0.2, -0.15) is 0 Å². The van der Waals surface area contributed by atoms with Gasteiger partial charge in [0.05, 0.1) is 5.02 Å². The van der Waals surface area contributed by atoms with Crippen LogP contribution >= 0.6 is 43.5 Å².